The van der Waals surface area contributed by atoms with Gasteiger partial charge in [-0.3, -0.25) is 4.58 Å². The van der Waals surface area contributed by atoms with Gasteiger partial charge in [0, 0.05) is 6.07 Å². The van der Waals surface area contributed by atoms with Gasteiger partial charge in [0.1, 0.15) is 11.4 Å². The predicted molar refractivity (Wildman–Crippen MR) is 101 cm³/mol. The first-order valence-corrected chi connectivity index (χ1v) is 8.51. The lowest BCUT2D eigenvalue weighted by atomic mass is 10.2. The Morgan fingerprint density at radius 3 is 2.38 bits per heavy atom. The van der Waals surface area contributed by atoms with Crippen LogP contribution in [0.15, 0.2) is 46.9 Å². The van der Waals surface area contributed by atoms with Crippen molar-refractivity contribution in [1.82, 2.24) is 0 Å². The number of halogens is 1. The molecule has 2 aromatic carbocycles. The van der Waals surface area contributed by atoms with Crippen LogP contribution < -0.4 is 10.6 Å². The molecular formula is C18H20BrN4O+. The number of nitrogens with zero attached hydrogens (tertiary/aromatic N) is 2. The minimum atomic E-state index is 0.0348. The molecule has 2 aromatic rings. The molecule has 0 aliphatic heterocycles. The second-order valence-corrected chi connectivity index (χ2v) is 5.95. The zero-order chi connectivity index (χ0) is 17.5. The van der Waals surface area contributed by atoms with E-state index in [9.17, 15) is 5.11 Å². The van der Waals surface area contributed by atoms with Crippen LogP contribution in [0.5, 0.6) is 5.75 Å². The lowest BCUT2D eigenvalue weighted by Crippen LogP contribution is -2.34. The van der Waals surface area contributed by atoms with Crippen molar-refractivity contribution in [2.45, 2.75) is 13.8 Å². The number of anilines is 2. The van der Waals surface area contributed by atoms with Crippen molar-refractivity contribution in [2.75, 3.05) is 23.7 Å². The molecule has 0 bridgehead atoms. The van der Waals surface area contributed by atoms with Crippen LogP contribution in [0, 0.1) is 11.3 Å². The predicted octanol–water partition coefficient (Wildman–Crippen LogP) is 3.96. The summed E-state index contributed by atoms with van der Waals surface area (Å²) in [5, 5.41) is 25.6. The molecule has 24 heavy (non-hydrogen) atoms. The van der Waals surface area contributed by atoms with Gasteiger partial charge in [-0.2, -0.15) is 5.26 Å². The lowest BCUT2D eigenvalue weighted by molar-refractivity contribution is -0.520. The maximum Gasteiger partial charge on any atom is 0.355 e. The fourth-order valence-corrected chi connectivity index (χ4v) is 2.64. The molecule has 0 saturated carbocycles. The highest BCUT2D eigenvalue weighted by Gasteiger charge is 2.17. The first-order chi connectivity index (χ1) is 11.6. The van der Waals surface area contributed by atoms with Crippen molar-refractivity contribution in [3.63, 3.8) is 0 Å². The summed E-state index contributed by atoms with van der Waals surface area (Å²) >= 11 is 3.53. The third-order valence-electron chi connectivity index (χ3n) is 3.59. The number of phenols is 1. The smallest absolute Gasteiger partial charge is 0.355 e. The van der Waals surface area contributed by atoms with Crippen LogP contribution in [-0.2, 0) is 0 Å². The highest BCUT2D eigenvalue weighted by Crippen LogP contribution is 2.25. The van der Waals surface area contributed by atoms with Crippen molar-refractivity contribution < 1.29 is 9.68 Å². The first kappa shape index (κ1) is 17.8. The molecule has 0 heterocycles. The third kappa shape index (κ3) is 4.27. The third-order valence-corrected chi connectivity index (χ3v) is 4.28. The summed E-state index contributed by atoms with van der Waals surface area (Å²) < 4.78 is 3.05. The largest absolute Gasteiger partial charge is 0.504 e. The van der Waals surface area contributed by atoms with Crippen LogP contribution in [0.25, 0.3) is 0 Å². The van der Waals surface area contributed by atoms with Gasteiger partial charge < -0.3 is 5.11 Å². The zero-order valence-electron chi connectivity index (χ0n) is 13.7. The number of rotatable bonds is 4. The van der Waals surface area contributed by atoms with Crippen LogP contribution >= 0.6 is 15.9 Å². The fraction of sp³-hybridized carbons (Fsp3) is 0.222. The summed E-state index contributed by atoms with van der Waals surface area (Å²) in [5.74, 6) is 0.791. The Hall–Kier alpha value is -2.52. The van der Waals surface area contributed by atoms with Crippen LogP contribution in [-0.4, -0.2) is 28.7 Å². The van der Waals surface area contributed by atoms with Crippen LogP contribution in [0.4, 0.5) is 11.4 Å². The number of phenolic OH excluding ortho intramolecular Hbond substituents is 1. The molecule has 0 amide bonds. The number of benzene rings is 2. The van der Waals surface area contributed by atoms with E-state index < -0.39 is 0 Å². The standard InChI is InChI=1S/C18H19BrN4O/c1-3-23(4-2)18(21-15-8-6-5-7-14(15)19)22-16-10-9-13(12-20)11-17(16)24/h5-11H,3-4H2,1-2H3,(H2,21,22,24)/p+1. The van der Waals surface area contributed by atoms with Gasteiger partial charge in [-0.25, -0.2) is 10.6 Å². The Morgan fingerprint density at radius 2 is 1.79 bits per heavy atom. The topological polar surface area (TPSA) is 71.1 Å². The van der Waals surface area contributed by atoms with E-state index in [1.807, 2.05) is 30.3 Å². The van der Waals surface area contributed by atoms with Crippen molar-refractivity contribution in [3.05, 3.63) is 52.5 Å². The Bertz CT molecular complexity index is 790. The first-order valence-electron chi connectivity index (χ1n) is 7.72. The Kier molecular flexibility index (Phi) is 6.21. The summed E-state index contributed by atoms with van der Waals surface area (Å²) in [4.78, 5) is 0. The highest BCUT2D eigenvalue weighted by atomic mass is 79.9. The average molecular weight is 388 g/mol. The Morgan fingerprint density at radius 1 is 1.12 bits per heavy atom. The van der Waals surface area contributed by atoms with Crippen LogP contribution in [0.3, 0.4) is 0 Å². The molecule has 0 aromatic heterocycles. The molecule has 3 N–H and O–H groups in total. The normalized spacial score (nSPS) is 9.92. The van der Waals surface area contributed by atoms with Crippen molar-refractivity contribution in [2.24, 2.45) is 0 Å². The summed E-state index contributed by atoms with van der Waals surface area (Å²) in [6.45, 7) is 5.72. The number of hydrogen-bond acceptors (Lipinski definition) is 2. The van der Waals surface area contributed by atoms with Gasteiger partial charge in [-0.1, -0.05) is 12.1 Å². The average Bonchev–Trinajstić information content (AvgIpc) is 2.59. The lowest BCUT2D eigenvalue weighted by Gasteiger charge is -2.13. The fourth-order valence-electron chi connectivity index (χ4n) is 2.25. The molecule has 5 nitrogen and oxygen atoms in total. The molecule has 0 atom stereocenters. The van der Waals surface area contributed by atoms with Gasteiger partial charge >= 0.3 is 5.96 Å². The van der Waals surface area contributed by atoms with E-state index in [2.05, 4.69) is 45.0 Å². The van der Waals surface area contributed by atoms with E-state index in [0.717, 1.165) is 29.2 Å². The molecule has 0 radical (unpaired) electrons. The van der Waals surface area contributed by atoms with Crippen LogP contribution in [0.2, 0.25) is 0 Å². The van der Waals surface area contributed by atoms with E-state index >= 15 is 0 Å². The van der Waals surface area contributed by atoms with Gasteiger partial charge in [0.25, 0.3) is 0 Å². The van der Waals surface area contributed by atoms with Gasteiger partial charge in [0.05, 0.1) is 29.2 Å². The number of nitrogens with one attached hydrogen (secondary N) is 2. The van der Waals surface area contributed by atoms with Crippen molar-refractivity contribution in [3.8, 4) is 11.8 Å². The zero-order valence-corrected chi connectivity index (χ0v) is 15.3. The molecule has 124 valence electrons. The number of hydrogen-bond donors (Lipinski definition) is 3. The van der Waals surface area contributed by atoms with E-state index in [-0.39, 0.29) is 5.75 Å². The van der Waals surface area contributed by atoms with Crippen molar-refractivity contribution >= 4 is 33.3 Å². The summed E-state index contributed by atoms with van der Waals surface area (Å²) in [6.07, 6.45) is 0. The molecule has 0 aliphatic carbocycles. The molecule has 0 saturated heterocycles. The number of aromatic hydroxyl groups is 1. The van der Waals surface area contributed by atoms with E-state index in [1.54, 1.807) is 12.1 Å². The maximum atomic E-state index is 10.1. The molecule has 0 spiro atoms. The van der Waals surface area contributed by atoms with Gasteiger partial charge in [-0.15, -0.1) is 0 Å². The van der Waals surface area contributed by atoms with Crippen molar-refractivity contribution in [1.29, 1.82) is 5.26 Å². The maximum absolute atomic E-state index is 10.1. The SMILES string of the molecule is CC[N+](CC)=C(Nc1ccc(C#N)cc1O)Nc1ccccc1Br. The molecule has 0 aliphatic rings. The Labute approximate surface area is 150 Å². The summed E-state index contributed by atoms with van der Waals surface area (Å²) in [5.41, 5.74) is 1.87. The molecule has 6 heteroatoms. The number of para-hydroxylation sites is 1. The van der Waals surface area contributed by atoms with E-state index in [0.29, 0.717) is 11.3 Å². The van der Waals surface area contributed by atoms with Gasteiger partial charge in [0.2, 0.25) is 0 Å². The molecular weight excluding hydrogens is 368 g/mol. The summed E-state index contributed by atoms with van der Waals surface area (Å²) in [7, 11) is 0. The van der Waals surface area contributed by atoms with E-state index in [1.165, 1.54) is 6.07 Å². The van der Waals surface area contributed by atoms with Gasteiger partial charge in [0.15, 0.2) is 5.75 Å². The number of guanidine groups is 1. The van der Waals surface area contributed by atoms with E-state index in [4.69, 9.17) is 5.26 Å². The molecule has 2 rings (SSSR count). The summed E-state index contributed by atoms with van der Waals surface area (Å²) in [6, 6.07) is 14.6. The quantitative estimate of drug-likeness (QED) is 0.321. The minimum Gasteiger partial charge on any atom is -0.504 e. The molecule has 0 fully saturated rings. The molecule has 0 unspecified atom stereocenters. The second kappa shape index (κ2) is 8.37. The minimum absolute atomic E-state index is 0.0348. The van der Waals surface area contributed by atoms with Gasteiger partial charge in [-0.05, 0) is 54.0 Å². The number of nitriles is 1. The highest BCUT2D eigenvalue weighted by molar-refractivity contribution is 9.10. The Balaban J connectivity index is 2.37. The van der Waals surface area contributed by atoms with Crippen LogP contribution in [0.1, 0.15) is 19.4 Å². The monoisotopic (exact) mass is 387 g/mol. The second-order valence-electron chi connectivity index (χ2n) is 5.09.